The number of amides is 1. The van der Waals surface area contributed by atoms with E-state index in [1.165, 1.54) is 0 Å². The third-order valence-electron chi connectivity index (χ3n) is 5.87. The predicted molar refractivity (Wildman–Crippen MR) is 125 cm³/mol. The zero-order valence-electron chi connectivity index (χ0n) is 19.1. The first kappa shape index (κ1) is 22.6. The van der Waals surface area contributed by atoms with E-state index in [-0.39, 0.29) is 11.9 Å². The van der Waals surface area contributed by atoms with Gasteiger partial charge in [0.2, 0.25) is 11.9 Å². The maximum Gasteiger partial charge on any atom is 0.242 e. The number of carbonyl (C=O) groups excluding carboxylic acids is 1. The molecule has 1 fully saturated rings. The molecular formula is C24H30N6O3. The smallest absolute Gasteiger partial charge is 0.242 e. The van der Waals surface area contributed by atoms with Crippen LogP contribution >= 0.6 is 0 Å². The monoisotopic (exact) mass is 450 g/mol. The van der Waals surface area contributed by atoms with Crippen LogP contribution in [-0.2, 0) is 11.2 Å². The van der Waals surface area contributed by atoms with Crippen molar-refractivity contribution >= 4 is 11.7 Å². The number of nitrogens with zero attached hydrogens (tertiary/aromatic N) is 5. The Hall–Kier alpha value is -3.62. The quantitative estimate of drug-likeness (QED) is 0.564. The fourth-order valence-corrected chi connectivity index (χ4v) is 4.14. The molecule has 9 heteroatoms. The van der Waals surface area contributed by atoms with Gasteiger partial charge >= 0.3 is 0 Å². The molecule has 1 aliphatic heterocycles. The van der Waals surface area contributed by atoms with Gasteiger partial charge in [-0.1, -0.05) is 18.9 Å². The van der Waals surface area contributed by atoms with Gasteiger partial charge < -0.3 is 19.7 Å². The van der Waals surface area contributed by atoms with E-state index in [0.717, 1.165) is 43.6 Å². The minimum absolute atomic E-state index is 0.0279. The Morgan fingerprint density at radius 3 is 2.79 bits per heavy atom. The van der Waals surface area contributed by atoms with E-state index in [4.69, 9.17) is 14.5 Å². The summed E-state index contributed by atoms with van der Waals surface area (Å²) < 4.78 is 12.4. The largest absolute Gasteiger partial charge is 0.493 e. The van der Waals surface area contributed by atoms with Crippen molar-refractivity contribution in [1.29, 1.82) is 0 Å². The topological polar surface area (TPSA) is 94.4 Å². The number of ether oxygens (including phenoxy) is 2. The van der Waals surface area contributed by atoms with Crippen molar-refractivity contribution in [3.05, 3.63) is 54.7 Å². The third kappa shape index (κ3) is 5.42. The van der Waals surface area contributed by atoms with Crippen molar-refractivity contribution in [2.45, 2.75) is 38.1 Å². The average Bonchev–Trinajstić information content (AvgIpc) is 3.28. The first-order valence-corrected chi connectivity index (χ1v) is 11.3. The van der Waals surface area contributed by atoms with Crippen LogP contribution in [0.1, 0.15) is 31.2 Å². The van der Waals surface area contributed by atoms with Crippen molar-refractivity contribution in [2.24, 2.45) is 0 Å². The molecule has 1 N–H and O–H groups in total. The molecule has 3 heterocycles. The molecule has 1 unspecified atom stereocenters. The molecule has 1 atom stereocenters. The summed E-state index contributed by atoms with van der Waals surface area (Å²) in [6.45, 7) is 1.33. The third-order valence-corrected chi connectivity index (χ3v) is 5.87. The van der Waals surface area contributed by atoms with E-state index < -0.39 is 0 Å². The number of methoxy groups -OCH3 is 2. The van der Waals surface area contributed by atoms with E-state index in [0.29, 0.717) is 30.4 Å². The highest BCUT2D eigenvalue weighted by molar-refractivity contribution is 5.85. The highest BCUT2D eigenvalue weighted by Gasteiger charge is 2.28. The zero-order valence-corrected chi connectivity index (χ0v) is 19.1. The summed E-state index contributed by atoms with van der Waals surface area (Å²) in [5.74, 6) is 2.71. The molecule has 1 amide bonds. The normalized spacial score (nSPS) is 16.2. The Morgan fingerprint density at radius 2 is 2.00 bits per heavy atom. The molecule has 3 aromatic rings. The summed E-state index contributed by atoms with van der Waals surface area (Å²) in [4.78, 5) is 28.4. The number of nitrogens with one attached hydrogen (secondary N) is 1. The van der Waals surface area contributed by atoms with Gasteiger partial charge in [-0.2, -0.15) is 4.98 Å². The lowest BCUT2D eigenvalue weighted by molar-refractivity contribution is -0.122. The van der Waals surface area contributed by atoms with Crippen molar-refractivity contribution in [3.63, 3.8) is 0 Å². The van der Waals surface area contributed by atoms with Crippen molar-refractivity contribution in [2.75, 3.05) is 32.2 Å². The van der Waals surface area contributed by atoms with Crippen molar-refractivity contribution in [3.8, 4) is 17.4 Å². The van der Waals surface area contributed by atoms with Gasteiger partial charge in [0.1, 0.15) is 18.2 Å². The van der Waals surface area contributed by atoms with E-state index in [9.17, 15) is 4.79 Å². The molecule has 174 valence electrons. The summed E-state index contributed by atoms with van der Waals surface area (Å²) in [5.41, 5.74) is 1.08. The van der Waals surface area contributed by atoms with Crippen LogP contribution in [0.25, 0.3) is 5.95 Å². The van der Waals surface area contributed by atoms with E-state index in [2.05, 4.69) is 20.2 Å². The first-order valence-electron chi connectivity index (χ1n) is 11.3. The molecule has 0 saturated carbocycles. The lowest BCUT2D eigenvalue weighted by Crippen LogP contribution is -2.47. The van der Waals surface area contributed by atoms with Gasteiger partial charge in [-0.15, -0.1) is 0 Å². The van der Waals surface area contributed by atoms with Crippen molar-refractivity contribution < 1.29 is 14.3 Å². The van der Waals surface area contributed by atoms with Crippen LogP contribution in [0.3, 0.4) is 0 Å². The lowest BCUT2D eigenvalue weighted by atomic mass is 10.1. The Balaban J connectivity index is 1.44. The summed E-state index contributed by atoms with van der Waals surface area (Å²) in [7, 11) is 3.24. The maximum absolute atomic E-state index is 13.2. The Morgan fingerprint density at radius 1 is 1.12 bits per heavy atom. The Bertz CT molecular complexity index is 1060. The Labute approximate surface area is 193 Å². The van der Waals surface area contributed by atoms with Crippen LogP contribution < -0.4 is 19.7 Å². The summed E-state index contributed by atoms with van der Waals surface area (Å²) in [5, 5.41) is 3.13. The molecule has 0 spiro atoms. The number of anilines is 1. The maximum atomic E-state index is 13.2. The first-order chi connectivity index (χ1) is 16.2. The summed E-state index contributed by atoms with van der Waals surface area (Å²) in [6.07, 6.45) is 11.5. The van der Waals surface area contributed by atoms with E-state index >= 15 is 0 Å². The number of imidazole rings is 1. The van der Waals surface area contributed by atoms with E-state index in [1.54, 1.807) is 43.7 Å². The summed E-state index contributed by atoms with van der Waals surface area (Å²) >= 11 is 0. The molecule has 2 aromatic heterocycles. The zero-order chi connectivity index (χ0) is 23.0. The van der Waals surface area contributed by atoms with Gasteiger partial charge in [0.05, 0.1) is 14.2 Å². The standard InChI is InChI=1S/C24H30N6O3/c1-32-20-8-7-18(16-21(20)33-2)9-11-26-23(31)19-6-4-3-5-14-30(19)22-10-12-27-24(28-22)29-15-13-25-17-29/h7-8,10,12-13,15-17,19H,3-6,9,11,14H2,1-2H3,(H,26,31). The highest BCUT2D eigenvalue weighted by Crippen LogP contribution is 2.28. The average molecular weight is 451 g/mol. The predicted octanol–water partition coefficient (Wildman–Crippen LogP) is 2.79. The van der Waals surface area contributed by atoms with Gasteiger partial charge in [0.25, 0.3) is 0 Å². The summed E-state index contributed by atoms with van der Waals surface area (Å²) in [6, 6.07) is 7.43. The van der Waals surface area contributed by atoms with Crippen molar-refractivity contribution in [1.82, 2.24) is 24.8 Å². The molecule has 1 saturated heterocycles. The Kier molecular flexibility index (Phi) is 7.39. The molecule has 0 aliphatic carbocycles. The van der Waals surface area contributed by atoms with Crippen LogP contribution in [0.2, 0.25) is 0 Å². The van der Waals surface area contributed by atoms with Crippen LogP contribution in [0.4, 0.5) is 5.82 Å². The molecular weight excluding hydrogens is 420 g/mol. The fraction of sp³-hybridized carbons (Fsp3) is 0.417. The minimum atomic E-state index is -0.261. The second kappa shape index (κ2) is 10.8. The van der Waals surface area contributed by atoms with Crippen LogP contribution in [-0.4, -0.2) is 58.8 Å². The number of hydrogen-bond acceptors (Lipinski definition) is 7. The van der Waals surface area contributed by atoms with Crippen LogP contribution in [0.5, 0.6) is 11.5 Å². The lowest BCUT2D eigenvalue weighted by Gasteiger charge is -2.30. The van der Waals surface area contributed by atoms with E-state index in [1.807, 2.05) is 24.3 Å². The highest BCUT2D eigenvalue weighted by atomic mass is 16.5. The number of rotatable bonds is 8. The van der Waals surface area contributed by atoms with Gasteiger partial charge in [-0.25, -0.2) is 9.97 Å². The number of carbonyl (C=O) groups is 1. The van der Waals surface area contributed by atoms with Gasteiger partial charge in [-0.3, -0.25) is 9.36 Å². The van der Waals surface area contributed by atoms with Crippen LogP contribution in [0, 0.1) is 0 Å². The second-order valence-electron chi connectivity index (χ2n) is 7.97. The molecule has 0 radical (unpaired) electrons. The molecule has 0 bridgehead atoms. The van der Waals surface area contributed by atoms with Crippen LogP contribution in [0.15, 0.2) is 49.2 Å². The number of hydrogen-bond donors (Lipinski definition) is 1. The second-order valence-corrected chi connectivity index (χ2v) is 7.97. The number of benzene rings is 1. The molecule has 1 aromatic carbocycles. The minimum Gasteiger partial charge on any atom is -0.493 e. The number of aromatic nitrogens is 4. The molecule has 1 aliphatic rings. The molecule has 33 heavy (non-hydrogen) atoms. The molecule has 4 rings (SSSR count). The van der Waals surface area contributed by atoms with Gasteiger partial charge in [0.15, 0.2) is 11.5 Å². The van der Waals surface area contributed by atoms with Gasteiger partial charge in [0, 0.05) is 31.7 Å². The fourth-order valence-electron chi connectivity index (χ4n) is 4.14. The molecule has 9 nitrogen and oxygen atoms in total. The van der Waals surface area contributed by atoms with Gasteiger partial charge in [-0.05, 0) is 43.0 Å². The SMILES string of the molecule is COc1ccc(CCNC(=O)C2CCCCCN2c2ccnc(-n3ccnc3)n2)cc1OC.